The topological polar surface area (TPSA) is 66.9 Å². The third-order valence-electron chi connectivity index (χ3n) is 2.10. The molecule has 2 rings (SSSR count). The lowest BCUT2D eigenvalue weighted by atomic mass is 10.2. The molecule has 0 spiro atoms. The van der Waals surface area contributed by atoms with Gasteiger partial charge in [0.25, 0.3) is 5.91 Å². The van der Waals surface area contributed by atoms with Crippen LogP contribution in [0, 0.1) is 0 Å². The lowest BCUT2D eigenvalue weighted by Crippen LogP contribution is -2.29. The van der Waals surface area contributed by atoms with Gasteiger partial charge in [0.15, 0.2) is 0 Å². The average Bonchev–Trinajstić information content (AvgIpc) is 2.41. The van der Waals surface area contributed by atoms with E-state index in [9.17, 15) is 4.79 Å². The van der Waals surface area contributed by atoms with Gasteiger partial charge >= 0.3 is 0 Å². The van der Waals surface area contributed by atoms with Gasteiger partial charge in [-0.1, -0.05) is 18.2 Å². The molecule has 0 aliphatic heterocycles. The Morgan fingerprint density at radius 3 is 2.47 bits per heavy atom. The summed E-state index contributed by atoms with van der Waals surface area (Å²) < 4.78 is 0. The Hall–Kier alpha value is -2.43. The molecule has 0 bridgehead atoms. The highest BCUT2D eigenvalue weighted by Crippen LogP contribution is 1.97. The van der Waals surface area contributed by atoms with Crippen molar-refractivity contribution in [3.8, 4) is 0 Å². The number of aromatic nitrogens is 2. The van der Waals surface area contributed by atoms with E-state index in [1.807, 2.05) is 18.2 Å². The molecule has 0 aliphatic rings. The second-order valence-corrected chi connectivity index (χ2v) is 3.30. The van der Waals surface area contributed by atoms with E-state index in [1.165, 1.54) is 0 Å². The van der Waals surface area contributed by atoms with Gasteiger partial charge in [-0.3, -0.25) is 4.79 Å². The molecule has 2 N–H and O–H groups in total. The standard InChI is InChI=1S/C12H12N4O/c17-11(10-5-2-1-3-6-10)15-9-16-12-13-7-4-8-14-12/h1-8H,9H2,(H,15,17)(H,13,14,16). The largest absolute Gasteiger partial charge is 0.337 e. The van der Waals surface area contributed by atoms with Crippen LogP contribution in [0.4, 0.5) is 5.95 Å². The minimum Gasteiger partial charge on any atom is -0.337 e. The summed E-state index contributed by atoms with van der Waals surface area (Å²) in [6.07, 6.45) is 3.27. The van der Waals surface area contributed by atoms with Crippen LogP contribution in [0.2, 0.25) is 0 Å². The minimum absolute atomic E-state index is 0.131. The molecule has 0 aliphatic carbocycles. The number of anilines is 1. The lowest BCUT2D eigenvalue weighted by molar-refractivity contribution is 0.0956. The average molecular weight is 228 g/mol. The second kappa shape index (κ2) is 5.60. The molecular formula is C12H12N4O. The Balaban J connectivity index is 1.82. The smallest absolute Gasteiger partial charge is 0.252 e. The van der Waals surface area contributed by atoms with Crippen molar-refractivity contribution in [2.24, 2.45) is 0 Å². The van der Waals surface area contributed by atoms with Gasteiger partial charge in [-0.05, 0) is 18.2 Å². The maximum Gasteiger partial charge on any atom is 0.252 e. The van der Waals surface area contributed by atoms with Crippen molar-refractivity contribution in [1.82, 2.24) is 15.3 Å². The Labute approximate surface area is 98.9 Å². The summed E-state index contributed by atoms with van der Waals surface area (Å²) in [5.41, 5.74) is 0.628. The fourth-order valence-corrected chi connectivity index (χ4v) is 1.29. The number of rotatable bonds is 4. The summed E-state index contributed by atoms with van der Waals surface area (Å²) in [4.78, 5) is 19.6. The van der Waals surface area contributed by atoms with E-state index in [1.54, 1.807) is 30.6 Å². The van der Waals surface area contributed by atoms with Crippen LogP contribution >= 0.6 is 0 Å². The molecule has 0 saturated heterocycles. The molecule has 0 atom stereocenters. The maximum absolute atomic E-state index is 11.6. The maximum atomic E-state index is 11.6. The molecule has 0 saturated carbocycles. The van der Waals surface area contributed by atoms with Crippen LogP contribution in [0.15, 0.2) is 48.8 Å². The van der Waals surface area contributed by atoms with Crippen molar-refractivity contribution in [3.05, 3.63) is 54.4 Å². The summed E-state index contributed by atoms with van der Waals surface area (Å²) in [7, 11) is 0. The third-order valence-corrected chi connectivity index (χ3v) is 2.10. The molecule has 0 fully saturated rings. The third kappa shape index (κ3) is 3.27. The van der Waals surface area contributed by atoms with Crippen LogP contribution in [-0.4, -0.2) is 22.5 Å². The molecule has 1 heterocycles. The summed E-state index contributed by atoms with van der Waals surface area (Å²) in [5, 5.41) is 5.61. The van der Waals surface area contributed by atoms with Crippen molar-refractivity contribution < 1.29 is 4.79 Å². The van der Waals surface area contributed by atoms with Gasteiger partial charge < -0.3 is 10.6 Å². The number of hydrogen-bond acceptors (Lipinski definition) is 4. The van der Waals surface area contributed by atoms with Crippen LogP contribution in [0.5, 0.6) is 0 Å². The highest BCUT2D eigenvalue weighted by atomic mass is 16.1. The van der Waals surface area contributed by atoms with E-state index in [0.717, 1.165) is 0 Å². The molecular weight excluding hydrogens is 216 g/mol. The Morgan fingerprint density at radius 1 is 1.06 bits per heavy atom. The van der Waals surface area contributed by atoms with E-state index < -0.39 is 0 Å². The van der Waals surface area contributed by atoms with Crippen LogP contribution in [0.3, 0.4) is 0 Å². The molecule has 1 aromatic heterocycles. The number of carbonyl (C=O) groups is 1. The molecule has 2 aromatic rings. The number of nitrogens with one attached hydrogen (secondary N) is 2. The Morgan fingerprint density at radius 2 is 1.76 bits per heavy atom. The molecule has 5 nitrogen and oxygen atoms in total. The first-order valence-electron chi connectivity index (χ1n) is 5.20. The van der Waals surface area contributed by atoms with Crippen molar-refractivity contribution in [1.29, 1.82) is 0 Å². The quantitative estimate of drug-likeness (QED) is 0.773. The fraction of sp³-hybridized carbons (Fsp3) is 0.0833. The number of benzene rings is 1. The number of nitrogens with zero attached hydrogens (tertiary/aromatic N) is 2. The van der Waals surface area contributed by atoms with Gasteiger partial charge in [0.1, 0.15) is 0 Å². The van der Waals surface area contributed by atoms with Crippen LogP contribution in [-0.2, 0) is 0 Å². The fourth-order valence-electron chi connectivity index (χ4n) is 1.29. The van der Waals surface area contributed by atoms with Crippen molar-refractivity contribution in [2.75, 3.05) is 12.0 Å². The van der Waals surface area contributed by atoms with Gasteiger partial charge in [0.05, 0.1) is 6.67 Å². The van der Waals surface area contributed by atoms with E-state index in [2.05, 4.69) is 20.6 Å². The first-order chi connectivity index (χ1) is 8.36. The van der Waals surface area contributed by atoms with Crippen LogP contribution in [0.1, 0.15) is 10.4 Å². The van der Waals surface area contributed by atoms with E-state index in [-0.39, 0.29) is 12.6 Å². The normalized spacial score (nSPS) is 9.65. The van der Waals surface area contributed by atoms with E-state index in [0.29, 0.717) is 11.5 Å². The zero-order valence-corrected chi connectivity index (χ0v) is 9.13. The van der Waals surface area contributed by atoms with Crippen molar-refractivity contribution >= 4 is 11.9 Å². The molecule has 5 heteroatoms. The van der Waals surface area contributed by atoms with Gasteiger partial charge in [-0.2, -0.15) is 0 Å². The highest BCUT2D eigenvalue weighted by Gasteiger charge is 2.02. The van der Waals surface area contributed by atoms with Gasteiger partial charge in [0.2, 0.25) is 5.95 Å². The number of hydrogen-bond donors (Lipinski definition) is 2. The first kappa shape index (κ1) is 11.1. The zero-order valence-electron chi connectivity index (χ0n) is 9.13. The Kier molecular flexibility index (Phi) is 3.64. The van der Waals surface area contributed by atoms with Gasteiger partial charge in [-0.25, -0.2) is 9.97 Å². The first-order valence-corrected chi connectivity index (χ1v) is 5.20. The predicted octanol–water partition coefficient (Wildman–Crippen LogP) is 1.28. The summed E-state index contributed by atoms with van der Waals surface area (Å²) in [5.74, 6) is 0.356. The second-order valence-electron chi connectivity index (χ2n) is 3.30. The SMILES string of the molecule is O=C(NCNc1ncccn1)c1ccccc1. The lowest BCUT2D eigenvalue weighted by Gasteiger charge is -2.06. The van der Waals surface area contributed by atoms with E-state index >= 15 is 0 Å². The van der Waals surface area contributed by atoms with E-state index in [4.69, 9.17) is 0 Å². The monoisotopic (exact) mass is 228 g/mol. The molecule has 1 aromatic carbocycles. The molecule has 0 unspecified atom stereocenters. The number of amides is 1. The molecule has 1 amide bonds. The molecule has 0 radical (unpaired) electrons. The minimum atomic E-state index is -0.131. The van der Waals surface area contributed by atoms with Gasteiger partial charge in [-0.15, -0.1) is 0 Å². The summed E-state index contributed by atoms with van der Waals surface area (Å²) in [6, 6.07) is 10.8. The zero-order chi connectivity index (χ0) is 11.9. The van der Waals surface area contributed by atoms with Gasteiger partial charge in [0, 0.05) is 18.0 Å². The highest BCUT2D eigenvalue weighted by molar-refractivity contribution is 5.94. The van der Waals surface area contributed by atoms with Crippen LogP contribution < -0.4 is 10.6 Å². The van der Waals surface area contributed by atoms with Crippen LogP contribution in [0.25, 0.3) is 0 Å². The summed E-state index contributed by atoms with van der Waals surface area (Å²) in [6.45, 7) is 0.289. The van der Waals surface area contributed by atoms with Crippen molar-refractivity contribution in [2.45, 2.75) is 0 Å². The van der Waals surface area contributed by atoms with Crippen molar-refractivity contribution in [3.63, 3.8) is 0 Å². The molecule has 86 valence electrons. The predicted molar refractivity (Wildman–Crippen MR) is 64.4 cm³/mol. The number of carbonyl (C=O) groups excluding carboxylic acids is 1. The Bertz CT molecular complexity index is 472. The summed E-state index contributed by atoms with van der Waals surface area (Å²) >= 11 is 0. The molecule has 17 heavy (non-hydrogen) atoms.